The van der Waals surface area contributed by atoms with Crippen LogP contribution < -0.4 is 5.32 Å². The fraction of sp³-hybridized carbons (Fsp3) is 0.435. The average Bonchev–Trinajstić information content (AvgIpc) is 3.36. The smallest absolute Gasteiger partial charge is 0.321 e. The Hall–Kier alpha value is -3.70. The lowest BCUT2D eigenvalue weighted by Crippen LogP contribution is -2.20. The fourth-order valence-corrected chi connectivity index (χ4v) is 4.28. The third kappa shape index (κ3) is 4.52. The quantitative estimate of drug-likeness (QED) is 0.441. The van der Waals surface area contributed by atoms with E-state index in [-0.39, 0.29) is 29.0 Å². The molecular formula is C23H27F3N8O. The van der Waals surface area contributed by atoms with E-state index in [1.807, 2.05) is 31.6 Å². The molecule has 0 unspecified atom stereocenters. The van der Waals surface area contributed by atoms with Gasteiger partial charge in [-0.15, -0.1) is 0 Å². The molecule has 0 radical (unpaired) electrons. The van der Waals surface area contributed by atoms with Gasteiger partial charge in [0.25, 0.3) is 0 Å². The summed E-state index contributed by atoms with van der Waals surface area (Å²) < 4.78 is 45.6. The summed E-state index contributed by atoms with van der Waals surface area (Å²) in [5.74, 6) is -0.438. The molecule has 0 saturated carbocycles. The van der Waals surface area contributed by atoms with Gasteiger partial charge in [0.2, 0.25) is 5.91 Å². The van der Waals surface area contributed by atoms with E-state index in [9.17, 15) is 18.0 Å². The first kappa shape index (κ1) is 24.4. The highest BCUT2D eigenvalue weighted by Gasteiger charge is 2.35. The van der Waals surface area contributed by atoms with Gasteiger partial charge in [-0.3, -0.25) is 14.2 Å². The number of fused-ring (bicyclic) bond motifs is 1. The van der Waals surface area contributed by atoms with Crippen LogP contribution in [0, 0.1) is 34.6 Å². The minimum atomic E-state index is -4.55. The summed E-state index contributed by atoms with van der Waals surface area (Å²) in [7, 11) is 0. The number of pyridine rings is 1. The molecule has 0 bridgehead atoms. The molecule has 186 valence electrons. The van der Waals surface area contributed by atoms with Crippen molar-refractivity contribution in [3.63, 3.8) is 0 Å². The number of hydrogen-bond donors (Lipinski definition) is 1. The number of amides is 1. The van der Waals surface area contributed by atoms with E-state index < -0.39 is 17.6 Å². The van der Waals surface area contributed by atoms with Crippen molar-refractivity contribution in [2.45, 2.75) is 67.4 Å². The lowest BCUT2D eigenvalue weighted by Gasteiger charge is -2.10. The highest BCUT2D eigenvalue weighted by molar-refractivity contribution is 5.93. The fourth-order valence-electron chi connectivity index (χ4n) is 4.28. The second kappa shape index (κ2) is 8.82. The molecule has 1 amide bonds. The monoisotopic (exact) mass is 488 g/mol. The minimum Gasteiger partial charge on any atom is -0.321 e. The Labute approximate surface area is 199 Å². The number of aromatic nitrogens is 7. The van der Waals surface area contributed by atoms with Crippen LogP contribution in [0.2, 0.25) is 0 Å². The number of anilines is 1. The summed E-state index contributed by atoms with van der Waals surface area (Å²) in [6.45, 7) is 11.6. The average molecular weight is 489 g/mol. The van der Waals surface area contributed by atoms with Crippen LogP contribution in [0.3, 0.4) is 0 Å². The first-order valence-corrected chi connectivity index (χ1v) is 11.2. The van der Waals surface area contributed by atoms with Crippen molar-refractivity contribution in [2.75, 3.05) is 5.32 Å². The molecule has 4 heterocycles. The van der Waals surface area contributed by atoms with Crippen LogP contribution >= 0.6 is 0 Å². The van der Waals surface area contributed by atoms with Gasteiger partial charge < -0.3 is 5.32 Å². The molecule has 4 aromatic rings. The van der Waals surface area contributed by atoms with Gasteiger partial charge >= 0.3 is 6.18 Å². The van der Waals surface area contributed by atoms with Crippen LogP contribution in [0.5, 0.6) is 0 Å². The third-order valence-corrected chi connectivity index (χ3v) is 6.07. The molecule has 12 heteroatoms. The summed E-state index contributed by atoms with van der Waals surface area (Å²) in [4.78, 5) is 17.1. The number of aryl methyl sites for hydroxylation is 4. The molecule has 0 aliphatic rings. The zero-order valence-electron chi connectivity index (χ0n) is 20.4. The number of alkyl halides is 3. The molecule has 0 aliphatic carbocycles. The van der Waals surface area contributed by atoms with E-state index >= 15 is 0 Å². The maximum atomic E-state index is 13.6. The normalized spacial score (nSPS) is 12.0. The van der Waals surface area contributed by atoms with E-state index in [1.54, 1.807) is 11.6 Å². The third-order valence-electron chi connectivity index (χ3n) is 6.07. The van der Waals surface area contributed by atoms with Crippen LogP contribution in [0.1, 0.15) is 46.5 Å². The predicted molar refractivity (Wildman–Crippen MR) is 124 cm³/mol. The van der Waals surface area contributed by atoms with Gasteiger partial charge in [0.1, 0.15) is 6.54 Å². The largest absolute Gasteiger partial charge is 0.417 e. The van der Waals surface area contributed by atoms with Gasteiger partial charge in [-0.1, -0.05) is 0 Å². The Bertz CT molecular complexity index is 1430. The first-order chi connectivity index (χ1) is 16.4. The zero-order chi connectivity index (χ0) is 25.7. The lowest BCUT2D eigenvalue weighted by molar-refractivity contribution is -0.136. The number of hydrogen-bond acceptors (Lipinski definition) is 5. The van der Waals surface area contributed by atoms with Crippen LogP contribution in [-0.2, 0) is 30.6 Å². The molecule has 1 N–H and O–H groups in total. The van der Waals surface area contributed by atoms with E-state index in [0.29, 0.717) is 17.9 Å². The van der Waals surface area contributed by atoms with Gasteiger partial charge in [-0.2, -0.15) is 28.5 Å². The van der Waals surface area contributed by atoms with E-state index in [0.717, 1.165) is 29.6 Å². The highest BCUT2D eigenvalue weighted by Crippen LogP contribution is 2.36. The van der Waals surface area contributed by atoms with Crippen molar-refractivity contribution >= 4 is 22.6 Å². The van der Waals surface area contributed by atoms with Crippen molar-refractivity contribution in [1.82, 2.24) is 34.3 Å². The minimum absolute atomic E-state index is 0.0255. The highest BCUT2D eigenvalue weighted by atomic mass is 19.4. The Kier molecular flexibility index (Phi) is 6.16. The SMILES string of the molecule is CCn1ncc(Cn2nc(C)c(NC(=O)Cn3nc(C)c4c(C(F)(F)F)cc(C)nc43)c2C)c1C. The number of nitrogens with zero attached hydrogens (tertiary/aromatic N) is 7. The molecule has 0 fully saturated rings. The molecular weight excluding hydrogens is 461 g/mol. The molecule has 0 aromatic carbocycles. The Morgan fingerprint density at radius 3 is 2.31 bits per heavy atom. The molecule has 0 aliphatic heterocycles. The van der Waals surface area contributed by atoms with Gasteiger partial charge in [0, 0.05) is 23.5 Å². The van der Waals surface area contributed by atoms with Gasteiger partial charge in [0.05, 0.1) is 46.5 Å². The van der Waals surface area contributed by atoms with Crippen LogP contribution in [-0.4, -0.2) is 40.2 Å². The van der Waals surface area contributed by atoms with E-state index in [4.69, 9.17) is 0 Å². The van der Waals surface area contributed by atoms with Crippen molar-refractivity contribution in [3.05, 3.63) is 51.9 Å². The molecule has 0 saturated heterocycles. The topological polar surface area (TPSA) is 95.5 Å². The number of carbonyl (C=O) groups is 1. The Morgan fingerprint density at radius 1 is 1.00 bits per heavy atom. The van der Waals surface area contributed by atoms with Crippen molar-refractivity contribution in [2.24, 2.45) is 0 Å². The predicted octanol–water partition coefficient (Wildman–Crippen LogP) is 4.09. The van der Waals surface area contributed by atoms with Crippen molar-refractivity contribution in [3.8, 4) is 0 Å². The van der Waals surface area contributed by atoms with Crippen molar-refractivity contribution < 1.29 is 18.0 Å². The maximum Gasteiger partial charge on any atom is 0.417 e. The van der Waals surface area contributed by atoms with Gasteiger partial charge in [-0.25, -0.2) is 9.67 Å². The lowest BCUT2D eigenvalue weighted by atomic mass is 10.1. The summed E-state index contributed by atoms with van der Waals surface area (Å²) in [6, 6.07) is 0.995. The van der Waals surface area contributed by atoms with Crippen LogP contribution in [0.15, 0.2) is 12.3 Å². The summed E-state index contributed by atoms with van der Waals surface area (Å²) in [5.41, 5.74) is 3.60. The number of carbonyl (C=O) groups excluding carboxylic acids is 1. The Balaban J connectivity index is 1.59. The van der Waals surface area contributed by atoms with Crippen molar-refractivity contribution in [1.29, 1.82) is 0 Å². The standard InChI is InChI=1S/C23H27F3N8O/c1-7-32-15(5)17(9-27-32)10-33-16(6)21(14(4)31-33)29-19(35)11-34-22-20(13(3)30-34)18(23(24,25)26)8-12(2)28-22/h8-9H,7,10-11H2,1-6H3,(H,29,35). The molecule has 4 aromatic heterocycles. The van der Waals surface area contributed by atoms with E-state index in [2.05, 4.69) is 25.6 Å². The zero-order valence-corrected chi connectivity index (χ0v) is 20.4. The first-order valence-electron chi connectivity index (χ1n) is 11.2. The van der Waals surface area contributed by atoms with Crippen LogP contribution in [0.25, 0.3) is 11.0 Å². The summed E-state index contributed by atoms with van der Waals surface area (Å²) in [6.07, 6.45) is -2.75. The second-order valence-corrected chi connectivity index (χ2v) is 8.57. The molecule has 35 heavy (non-hydrogen) atoms. The molecule has 0 atom stereocenters. The number of halogens is 3. The summed E-state index contributed by atoms with van der Waals surface area (Å²) in [5, 5.41) is 15.8. The number of nitrogens with one attached hydrogen (secondary N) is 1. The second-order valence-electron chi connectivity index (χ2n) is 8.57. The maximum absolute atomic E-state index is 13.6. The van der Waals surface area contributed by atoms with Crippen LogP contribution in [0.4, 0.5) is 18.9 Å². The molecule has 9 nitrogen and oxygen atoms in total. The van der Waals surface area contributed by atoms with Gasteiger partial charge in [0.15, 0.2) is 5.65 Å². The molecule has 0 spiro atoms. The van der Waals surface area contributed by atoms with E-state index in [1.165, 1.54) is 18.5 Å². The molecule has 4 rings (SSSR count). The number of rotatable bonds is 6. The Morgan fingerprint density at radius 2 is 1.69 bits per heavy atom. The summed E-state index contributed by atoms with van der Waals surface area (Å²) >= 11 is 0. The van der Waals surface area contributed by atoms with Gasteiger partial charge in [-0.05, 0) is 47.6 Å².